The van der Waals surface area contributed by atoms with Gasteiger partial charge in [0.2, 0.25) is 0 Å². The van der Waals surface area contributed by atoms with Crippen molar-refractivity contribution in [1.29, 1.82) is 0 Å². The van der Waals surface area contributed by atoms with Crippen molar-refractivity contribution in [2.45, 2.75) is 0 Å². The molecule has 7 heavy (non-hydrogen) atoms. The Balaban J connectivity index is 0. The Labute approximate surface area is 73.1 Å². The van der Waals surface area contributed by atoms with E-state index in [1.807, 2.05) is 0 Å². The normalized spacial score (nSPS) is 0. The summed E-state index contributed by atoms with van der Waals surface area (Å²) in [5, 5.41) is 0. The standard InChI is InChI=1S/3Mn.4O/q3*+2;4*-2. The molecule has 0 fully saturated rings. The molecule has 0 spiro atoms. The Morgan fingerprint density at radius 3 is 0.286 bits per heavy atom. The molecule has 47 valence electrons. The molecule has 7 heteroatoms. The van der Waals surface area contributed by atoms with E-state index in [9.17, 15) is 0 Å². The third-order valence-electron chi connectivity index (χ3n) is 0. The van der Waals surface area contributed by atoms with Crippen LogP contribution in [0, 0.1) is 0 Å². The Morgan fingerprint density at radius 1 is 0.286 bits per heavy atom. The van der Waals surface area contributed by atoms with Crippen molar-refractivity contribution < 1.29 is 73.1 Å². The molecule has 0 aliphatic heterocycles. The summed E-state index contributed by atoms with van der Waals surface area (Å²) in [5.41, 5.74) is 0. The Hall–Kier alpha value is 1.40. The molecule has 0 amide bonds. The van der Waals surface area contributed by atoms with Gasteiger partial charge in [-0.05, 0) is 0 Å². The van der Waals surface area contributed by atoms with E-state index >= 15 is 0 Å². The van der Waals surface area contributed by atoms with E-state index in [-0.39, 0.29) is 73.1 Å². The summed E-state index contributed by atoms with van der Waals surface area (Å²) >= 11 is 0. The largest absolute Gasteiger partial charge is 2.00 e. The Kier molecular flexibility index (Phi) is 5200. The zero-order valence-electron chi connectivity index (χ0n) is 2.77. The van der Waals surface area contributed by atoms with E-state index in [4.69, 9.17) is 0 Å². The molecule has 0 aliphatic carbocycles. The van der Waals surface area contributed by atoms with Crippen molar-refractivity contribution in [3.8, 4) is 0 Å². The van der Waals surface area contributed by atoms with Crippen molar-refractivity contribution in [1.82, 2.24) is 0 Å². The van der Waals surface area contributed by atoms with Gasteiger partial charge in [0.15, 0.2) is 0 Å². The molecular weight excluding hydrogens is 229 g/mol. The minimum absolute atomic E-state index is 0. The quantitative estimate of drug-likeness (QED) is 0.499. The molecule has 0 aliphatic rings. The maximum Gasteiger partial charge on any atom is 2.00 e. The second-order valence-corrected chi connectivity index (χ2v) is 0. The fraction of sp³-hybridized carbons (Fsp3) is 0. The summed E-state index contributed by atoms with van der Waals surface area (Å²) < 4.78 is 0. The average molecular weight is 229 g/mol. The van der Waals surface area contributed by atoms with Gasteiger partial charge in [-0.15, -0.1) is 0 Å². The van der Waals surface area contributed by atoms with Gasteiger partial charge in [-0.1, -0.05) is 0 Å². The average Bonchev–Trinajstić information content (AvgIpc) is 0. The van der Waals surface area contributed by atoms with Crippen LogP contribution in [0.2, 0.25) is 0 Å². The second-order valence-electron chi connectivity index (χ2n) is 0. The molecule has 0 aromatic rings. The topological polar surface area (TPSA) is 114 Å². The first-order chi connectivity index (χ1) is 0. The van der Waals surface area contributed by atoms with Gasteiger partial charge in [-0.3, -0.25) is 0 Å². The van der Waals surface area contributed by atoms with Crippen LogP contribution in [0.3, 0.4) is 0 Å². The van der Waals surface area contributed by atoms with Gasteiger partial charge in [0.25, 0.3) is 0 Å². The van der Waals surface area contributed by atoms with E-state index in [2.05, 4.69) is 0 Å². The first kappa shape index (κ1) is 235. The molecule has 0 saturated heterocycles. The molecule has 0 atom stereocenters. The van der Waals surface area contributed by atoms with Crippen LogP contribution in [0.1, 0.15) is 0 Å². The molecule has 0 bridgehead atoms. The van der Waals surface area contributed by atoms with Crippen molar-refractivity contribution in [3.63, 3.8) is 0 Å². The molecule has 0 aromatic heterocycles. The summed E-state index contributed by atoms with van der Waals surface area (Å²) in [6.07, 6.45) is 0. The van der Waals surface area contributed by atoms with Crippen molar-refractivity contribution in [3.05, 3.63) is 0 Å². The SMILES string of the molecule is [Mn+2].[Mn+2].[Mn+2].[O-2].[O-2].[O-2].[O-2]. The molecule has 0 aromatic carbocycles. The zero-order chi connectivity index (χ0) is 0. The molecule has 4 nitrogen and oxygen atoms in total. The third kappa shape index (κ3) is 110. The monoisotopic (exact) mass is 229 g/mol. The van der Waals surface area contributed by atoms with Gasteiger partial charge < -0.3 is 21.9 Å². The first-order valence-corrected chi connectivity index (χ1v) is 0. The Morgan fingerprint density at radius 2 is 0.286 bits per heavy atom. The summed E-state index contributed by atoms with van der Waals surface area (Å²) in [7, 11) is 0. The maximum atomic E-state index is 0. The fourth-order valence-corrected chi connectivity index (χ4v) is 0. The first-order valence-electron chi connectivity index (χ1n) is 0. The summed E-state index contributed by atoms with van der Waals surface area (Å²) in [6, 6.07) is 0. The van der Waals surface area contributed by atoms with Gasteiger partial charge >= 0.3 is 51.2 Å². The van der Waals surface area contributed by atoms with Gasteiger partial charge in [0.05, 0.1) is 0 Å². The molecule has 0 unspecified atom stereocenters. The predicted molar refractivity (Wildman–Crippen MR) is 2.75 cm³/mol. The van der Waals surface area contributed by atoms with Gasteiger partial charge in [0.1, 0.15) is 0 Å². The number of rotatable bonds is 0. The molecule has 0 rings (SSSR count). The maximum absolute atomic E-state index is 0. The van der Waals surface area contributed by atoms with Crippen LogP contribution < -0.4 is 0 Å². The minimum Gasteiger partial charge on any atom is -2.00 e. The van der Waals surface area contributed by atoms with E-state index in [1.165, 1.54) is 0 Å². The van der Waals surface area contributed by atoms with Crippen LogP contribution in [0.25, 0.3) is 0 Å². The summed E-state index contributed by atoms with van der Waals surface area (Å²) in [6.45, 7) is 0. The predicted octanol–water partition coefficient (Wildman–Crippen LogP) is -0.483. The van der Waals surface area contributed by atoms with Crippen LogP contribution in [0.15, 0.2) is 0 Å². The van der Waals surface area contributed by atoms with E-state index in [0.717, 1.165) is 0 Å². The van der Waals surface area contributed by atoms with Crippen LogP contribution in [0.5, 0.6) is 0 Å². The van der Waals surface area contributed by atoms with Crippen molar-refractivity contribution in [2.75, 3.05) is 0 Å². The zero-order valence-corrected chi connectivity index (χ0v) is 6.31. The Bertz CT molecular complexity index is 6.90. The van der Waals surface area contributed by atoms with Gasteiger partial charge in [-0.25, -0.2) is 0 Å². The van der Waals surface area contributed by atoms with Crippen LogP contribution in [0.4, 0.5) is 0 Å². The molecule has 0 heterocycles. The summed E-state index contributed by atoms with van der Waals surface area (Å²) in [5.74, 6) is 0. The number of hydrogen-bond acceptors (Lipinski definition) is 0. The minimum atomic E-state index is 0. The number of hydrogen-bond donors (Lipinski definition) is 0. The van der Waals surface area contributed by atoms with E-state index in [1.54, 1.807) is 0 Å². The van der Waals surface area contributed by atoms with Crippen LogP contribution in [-0.2, 0) is 73.1 Å². The molecule has 0 saturated carbocycles. The van der Waals surface area contributed by atoms with Crippen molar-refractivity contribution >= 4 is 0 Å². The molecule has 0 N–H and O–H groups in total. The van der Waals surface area contributed by atoms with Gasteiger partial charge in [-0.2, -0.15) is 0 Å². The van der Waals surface area contributed by atoms with E-state index in [0.29, 0.717) is 0 Å². The molecule has 3 radical (unpaired) electrons. The van der Waals surface area contributed by atoms with Crippen molar-refractivity contribution in [2.24, 2.45) is 0 Å². The van der Waals surface area contributed by atoms with Gasteiger partial charge in [0, 0.05) is 0 Å². The molecular formula is Mn3O4-2. The third-order valence-corrected chi connectivity index (χ3v) is 0. The fourth-order valence-electron chi connectivity index (χ4n) is 0. The summed E-state index contributed by atoms with van der Waals surface area (Å²) in [4.78, 5) is 0. The second kappa shape index (κ2) is 155. The van der Waals surface area contributed by atoms with Crippen LogP contribution >= 0.6 is 0 Å². The van der Waals surface area contributed by atoms with Crippen LogP contribution in [-0.4, -0.2) is 0 Å². The van der Waals surface area contributed by atoms with E-state index < -0.39 is 0 Å². The smallest absolute Gasteiger partial charge is 2.00 e.